The van der Waals surface area contributed by atoms with Crippen LogP contribution in [-0.4, -0.2) is 32.3 Å². The summed E-state index contributed by atoms with van der Waals surface area (Å²) in [5, 5.41) is 18.9. The van der Waals surface area contributed by atoms with Crippen molar-refractivity contribution in [1.82, 2.24) is 25.1 Å². The van der Waals surface area contributed by atoms with Gasteiger partial charge < -0.3 is 5.32 Å². The van der Waals surface area contributed by atoms with Gasteiger partial charge in [0.25, 0.3) is 0 Å². The van der Waals surface area contributed by atoms with Crippen LogP contribution >= 0.6 is 22.7 Å². The van der Waals surface area contributed by atoms with Crippen LogP contribution in [0.5, 0.6) is 0 Å². The average molecular weight is 333 g/mol. The third-order valence-electron chi connectivity index (χ3n) is 3.58. The molecule has 0 aliphatic heterocycles. The highest BCUT2D eigenvalue weighted by Crippen LogP contribution is 2.39. The van der Waals surface area contributed by atoms with E-state index in [1.54, 1.807) is 22.7 Å². The number of carbonyl (C=O) groups is 1. The van der Waals surface area contributed by atoms with Crippen molar-refractivity contribution in [3.05, 3.63) is 33.2 Å². The van der Waals surface area contributed by atoms with Gasteiger partial charge in [0.1, 0.15) is 5.01 Å². The molecule has 1 amide bonds. The third-order valence-corrected chi connectivity index (χ3v) is 5.41. The Labute approximate surface area is 135 Å². The van der Waals surface area contributed by atoms with Crippen LogP contribution in [0.2, 0.25) is 0 Å². The predicted molar refractivity (Wildman–Crippen MR) is 85.4 cm³/mol. The molecule has 0 spiro atoms. The summed E-state index contributed by atoms with van der Waals surface area (Å²) in [6.45, 7) is 0.604. The lowest BCUT2D eigenvalue weighted by molar-refractivity contribution is -0.120. The zero-order chi connectivity index (χ0) is 14.9. The van der Waals surface area contributed by atoms with E-state index in [9.17, 15) is 4.79 Å². The van der Waals surface area contributed by atoms with Gasteiger partial charge in [-0.25, -0.2) is 0 Å². The number of nitrogens with one attached hydrogen (secondary N) is 1. The molecule has 0 radical (unpaired) electrons. The number of thiophene rings is 1. The number of hydrogen-bond donors (Lipinski definition) is 1. The molecule has 3 aromatic heterocycles. The molecule has 0 unspecified atom stereocenters. The summed E-state index contributed by atoms with van der Waals surface area (Å²) in [6.07, 6.45) is 3.56. The highest BCUT2D eigenvalue weighted by molar-refractivity contribution is 7.16. The van der Waals surface area contributed by atoms with E-state index in [2.05, 4.69) is 20.6 Å². The van der Waals surface area contributed by atoms with E-state index in [-0.39, 0.29) is 5.91 Å². The Bertz CT molecular complexity index is 787. The van der Waals surface area contributed by atoms with Crippen LogP contribution in [-0.2, 0) is 17.6 Å². The maximum Gasteiger partial charge on any atom is 0.234 e. The first kappa shape index (κ1) is 13.8. The van der Waals surface area contributed by atoms with Gasteiger partial charge in [-0.2, -0.15) is 9.61 Å². The molecule has 0 bridgehead atoms. The van der Waals surface area contributed by atoms with Gasteiger partial charge in [0.2, 0.25) is 10.9 Å². The lowest BCUT2D eigenvalue weighted by Crippen LogP contribution is -2.26. The number of carbonyl (C=O) groups excluding carboxylic acids is 1. The summed E-state index contributed by atoms with van der Waals surface area (Å²) in [6, 6.07) is 3.94. The molecule has 1 aliphatic carbocycles. The summed E-state index contributed by atoms with van der Waals surface area (Å²) in [7, 11) is 0. The lowest BCUT2D eigenvalue weighted by Gasteiger charge is -2.02. The Hall–Kier alpha value is -1.80. The summed E-state index contributed by atoms with van der Waals surface area (Å²) >= 11 is 3.16. The highest BCUT2D eigenvalue weighted by atomic mass is 32.1. The van der Waals surface area contributed by atoms with Crippen molar-refractivity contribution in [3.63, 3.8) is 0 Å². The minimum absolute atomic E-state index is 0.0594. The zero-order valence-corrected chi connectivity index (χ0v) is 13.5. The quantitative estimate of drug-likeness (QED) is 0.749. The molecule has 0 atom stereocenters. The summed E-state index contributed by atoms with van der Waals surface area (Å²) in [5.41, 5.74) is 0. The fourth-order valence-corrected chi connectivity index (χ4v) is 3.85. The van der Waals surface area contributed by atoms with Crippen molar-refractivity contribution in [2.45, 2.75) is 31.6 Å². The van der Waals surface area contributed by atoms with Crippen molar-refractivity contribution < 1.29 is 4.79 Å². The van der Waals surface area contributed by atoms with Crippen molar-refractivity contribution >= 4 is 33.5 Å². The van der Waals surface area contributed by atoms with Crippen LogP contribution in [0.15, 0.2) is 17.5 Å². The van der Waals surface area contributed by atoms with E-state index in [1.165, 1.54) is 12.8 Å². The van der Waals surface area contributed by atoms with Gasteiger partial charge in [0, 0.05) is 23.8 Å². The van der Waals surface area contributed by atoms with Crippen molar-refractivity contribution in [2.24, 2.45) is 0 Å². The zero-order valence-electron chi connectivity index (χ0n) is 11.9. The van der Waals surface area contributed by atoms with Crippen LogP contribution in [0, 0.1) is 0 Å². The predicted octanol–water partition coefficient (Wildman–Crippen LogP) is 2.03. The van der Waals surface area contributed by atoms with E-state index >= 15 is 0 Å². The van der Waals surface area contributed by atoms with Crippen molar-refractivity contribution in [2.75, 3.05) is 6.54 Å². The second-order valence-electron chi connectivity index (χ2n) is 5.38. The van der Waals surface area contributed by atoms with Gasteiger partial charge in [0.05, 0.1) is 6.42 Å². The standard InChI is InChI=1S/C14H15N5OS2/c20-11(8-10-2-1-7-21-10)15-6-5-12-18-19-13(9-3-4-9)16-17-14(19)22-12/h1-2,7,9H,3-6,8H2,(H,15,20). The lowest BCUT2D eigenvalue weighted by atomic mass is 10.3. The second kappa shape index (κ2) is 5.77. The maximum atomic E-state index is 11.8. The summed E-state index contributed by atoms with van der Waals surface area (Å²) in [5.74, 6) is 1.58. The number of aromatic nitrogens is 4. The molecule has 114 valence electrons. The first-order valence-corrected chi connectivity index (χ1v) is 8.99. The minimum Gasteiger partial charge on any atom is -0.355 e. The van der Waals surface area contributed by atoms with E-state index in [0.717, 1.165) is 27.1 Å². The van der Waals surface area contributed by atoms with Gasteiger partial charge >= 0.3 is 0 Å². The Morgan fingerprint density at radius 3 is 3.09 bits per heavy atom. The molecule has 0 saturated heterocycles. The Morgan fingerprint density at radius 2 is 2.32 bits per heavy atom. The number of hydrogen-bond acceptors (Lipinski definition) is 6. The van der Waals surface area contributed by atoms with Gasteiger partial charge in [-0.05, 0) is 24.3 Å². The molecule has 0 aromatic carbocycles. The molecule has 1 N–H and O–H groups in total. The first-order valence-electron chi connectivity index (χ1n) is 7.29. The number of fused-ring (bicyclic) bond motifs is 1. The number of nitrogens with zero attached hydrogens (tertiary/aromatic N) is 4. The Balaban J connectivity index is 1.32. The average Bonchev–Trinajstić information content (AvgIpc) is 2.90. The molecule has 4 rings (SSSR count). The molecule has 6 nitrogen and oxygen atoms in total. The van der Waals surface area contributed by atoms with Gasteiger partial charge in [-0.15, -0.1) is 21.5 Å². The molecular weight excluding hydrogens is 318 g/mol. The molecular formula is C14H15N5OS2. The molecule has 1 fully saturated rings. The van der Waals surface area contributed by atoms with Crippen molar-refractivity contribution in [3.8, 4) is 0 Å². The Morgan fingerprint density at radius 1 is 1.41 bits per heavy atom. The maximum absolute atomic E-state index is 11.8. The molecule has 22 heavy (non-hydrogen) atoms. The fraction of sp³-hybridized carbons (Fsp3) is 0.429. The van der Waals surface area contributed by atoms with Crippen LogP contribution in [0.1, 0.15) is 34.5 Å². The normalized spacial score (nSPS) is 14.5. The van der Waals surface area contributed by atoms with Crippen LogP contribution < -0.4 is 5.32 Å². The van der Waals surface area contributed by atoms with Gasteiger partial charge in [-0.3, -0.25) is 4.79 Å². The number of rotatable bonds is 6. The number of amides is 1. The highest BCUT2D eigenvalue weighted by Gasteiger charge is 2.29. The van der Waals surface area contributed by atoms with Gasteiger partial charge in [-0.1, -0.05) is 17.4 Å². The summed E-state index contributed by atoms with van der Waals surface area (Å²) in [4.78, 5) is 13.8. The third kappa shape index (κ3) is 2.89. The van der Waals surface area contributed by atoms with E-state index in [4.69, 9.17) is 0 Å². The first-order chi connectivity index (χ1) is 10.8. The van der Waals surface area contributed by atoms with Crippen LogP contribution in [0.4, 0.5) is 0 Å². The molecule has 8 heteroatoms. The topological polar surface area (TPSA) is 72.2 Å². The monoisotopic (exact) mass is 333 g/mol. The molecule has 1 saturated carbocycles. The Kier molecular flexibility index (Phi) is 3.63. The smallest absolute Gasteiger partial charge is 0.234 e. The second-order valence-corrected chi connectivity index (χ2v) is 7.45. The summed E-state index contributed by atoms with van der Waals surface area (Å²) < 4.78 is 1.87. The van der Waals surface area contributed by atoms with Crippen molar-refractivity contribution in [1.29, 1.82) is 0 Å². The minimum atomic E-state index is 0.0594. The van der Waals surface area contributed by atoms with Crippen LogP contribution in [0.25, 0.3) is 4.96 Å². The molecule has 3 aromatic rings. The molecule has 3 heterocycles. The van der Waals surface area contributed by atoms with E-state index in [0.29, 0.717) is 18.9 Å². The fourth-order valence-electron chi connectivity index (χ4n) is 2.31. The van der Waals surface area contributed by atoms with E-state index in [1.807, 2.05) is 22.0 Å². The van der Waals surface area contributed by atoms with Gasteiger partial charge in [0.15, 0.2) is 5.82 Å². The molecule has 1 aliphatic rings. The van der Waals surface area contributed by atoms with E-state index < -0.39 is 0 Å². The largest absolute Gasteiger partial charge is 0.355 e. The van der Waals surface area contributed by atoms with Crippen LogP contribution in [0.3, 0.4) is 0 Å². The SMILES string of the molecule is O=C(Cc1cccs1)NCCc1nn2c(C3CC3)nnc2s1.